The Labute approximate surface area is 149 Å². The number of nitrogens with one attached hydrogen (secondary N) is 1. The fourth-order valence-corrected chi connectivity index (χ4v) is 3.80. The average Bonchev–Trinajstić information content (AvgIpc) is 2.70. The first-order valence-corrected chi connectivity index (χ1v) is 9.14. The summed E-state index contributed by atoms with van der Waals surface area (Å²) in [6, 6.07) is 19.0. The van der Waals surface area contributed by atoms with Crippen LogP contribution in [-0.4, -0.2) is 9.97 Å². The molecular formula is C22H23N3. The Hall–Kier alpha value is -2.68. The number of rotatable bonds is 4. The SMILES string of the molecule is c1ccc(-c2cccc(C3CCCCC3)c2Nc2ncccn2)cc1. The van der Waals surface area contributed by atoms with Gasteiger partial charge >= 0.3 is 0 Å². The summed E-state index contributed by atoms with van der Waals surface area (Å²) in [5.74, 6) is 1.27. The Morgan fingerprint density at radius 1 is 0.760 bits per heavy atom. The van der Waals surface area contributed by atoms with Crippen molar-refractivity contribution in [3.8, 4) is 11.1 Å². The quantitative estimate of drug-likeness (QED) is 0.644. The van der Waals surface area contributed by atoms with E-state index in [2.05, 4.69) is 63.8 Å². The number of para-hydroxylation sites is 1. The summed E-state index contributed by atoms with van der Waals surface area (Å²) in [5, 5.41) is 3.51. The molecule has 0 amide bonds. The zero-order chi connectivity index (χ0) is 16.9. The van der Waals surface area contributed by atoms with Crippen molar-refractivity contribution in [1.29, 1.82) is 0 Å². The molecule has 3 aromatic rings. The standard InChI is InChI=1S/C22H23N3/c1-3-9-17(10-4-1)19-13-7-14-20(18-11-5-2-6-12-18)21(19)25-22-23-15-8-16-24-22/h1,3-4,7-10,13-16,18H,2,5-6,11-12H2,(H,23,24,25). The minimum absolute atomic E-state index is 0.614. The predicted molar refractivity (Wildman–Crippen MR) is 103 cm³/mol. The second-order valence-corrected chi connectivity index (χ2v) is 6.67. The molecule has 0 bridgehead atoms. The van der Waals surface area contributed by atoms with Gasteiger partial charge in [-0.15, -0.1) is 0 Å². The topological polar surface area (TPSA) is 37.8 Å². The van der Waals surface area contributed by atoms with Gasteiger partial charge in [0.2, 0.25) is 5.95 Å². The summed E-state index contributed by atoms with van der Waals surface area (Å²) in [5.41, 5.74) is 5.00. The summed E-state index contributed by atoms with van der Waals surface area (Å²) in [7, 11) is 0. The van der Waals surface area contributed by atoms with Crippen molar-refractivity contribution in [3.63, 3.8) is 0 Å². The molecule has 1 saturated carbocycles. The maximum Gasteiger partial charge on any atom is 0.227 e. The van der Waals surface area contributed by atoms with E-state index in [4.69, 9.17) is 0 Å². The van der Waals surface area contributed by atoms with Gasteiger partial charge in [0.05, 0.1) is 5.69 Å². The second kappa shape index (κ2) is 7.47. The minimum atomic E-state index is 0.614. The first-order chi connectivity index (χ1) is 12.4. The fraction of sp³-hybridized carbons (Fsp3) is 0.273. The second-order valence-electron chi connectivity index (χ2n) is 6.67. The van der Waals surface area contributed by atoms with Crippen LogP contribution in [0.15, 0.2) is 67.0 Å². The average molecular weight is 329 g/mol. The molecule has 4 rings (SSSR count). The third-order valence-electron chi connectivity index (χ3n) is 5.03. The van der Waals surface area contributed by atoms with Gasteiger partial charge in [0.1, 0.15) is 0 Å². The molecule has 1 aromatic heterocycles. The molecule has 1 aliphatic rings. The first-order valence-electron chi connectivity index (χ1n) is 9.14. The van der Waals surface area contributed by atoms with Crippen molar-refractivity contribution in [1.82, 2.24) is 9.97 Å². The number of aromatic nitrogens is 2. The molecule has 126 valence electrons. The lowest BCUT2D eigenvalue weighted by Gasteiger charge is -2.26. The van der Waals surface area contributed by atoms with E-state index in [1.165, 1.54) is 48.8 Å². The highest BCUT2D eigenvalue weighted by Gasteiger charge is 2.21. The van der Waals surface area contributed by atoms with E-state index in [-0.39, 0.29) is 0 Å². The summed E-state index contributed by atoms with van der Waals surface area (Å²) in [6.45, 7) is 0. The molecule has 0 spiro atoms. The molecule has 3 nitrogen and oxygen atoms in total. The van der Waals surface area contributed by atoms with Gasteiger partial charge in [-0.25, -0.2) is 9.97 Å². The lowest BCUT2D eigenvalue weighted by molar-refractivity contribution is 0.444. The molecule has 25 heavy (non-hydrogen) atoms. The van der Waals surface area contributed by atoms with Crippen LogP contribution in [0.25, 0.3) is 11.1 Å². The molecule has 2 aromatic carbocycles. The van der Waals surface area contributed by atoms with Gasteiger partial charge in [0.15, 0.2) is 0 Å². The zero-order valence-corrected chi connectivity index (χ0v) is 14.4. The lowest BCUT2D eigenvalue weighted by Crippen LogP contribution is -2.09. The van der Waals surface area contributed by atoms with Gasteiger partial charge in [-0.3, -0.25) is 0 Å². The van der Waals surface area contributed by atoms with Gasteiger partial charge in [0, 0.05) is 18.0 Å². The van der Waals surface area contributed by atoms with Crippen LogP contribution in [0.5, 0.6) is 0 Å². The van der Waals surface area contributed by atoms with Gasteiger partial charge < -0.3 is 5.32 Å². The molecule has 1 aliphatic carbocycles. The molecule has 0 saturated heterocycles. The van der Waals surface area contributed by atoms with Crippen LogP contribution < -0.4 is 5.32 Å². The Balaban J connectivity index is 1.80. The molecule has 1 heterocycles. The van der Waals surface area contributed by atoms with Crippen LogP contribution >= 0.6 is 0 Å². The van der Waals surface area contributed by atoms with Gasteiger partial charge in [-0.2, -0.15) is 0 Å². The number of hydrogen-bond donors (Lipinski definition) is 1. The van der Waals surface area contributed by atoms with Crippen LogP contribution in [0.2, 0.25) is 0 Å². The molecule has 0 unspecified atom stereocenters. The zero-order valence-electron chi connectivity index (χ0n) is 14.4. The van der Waals surface area contributed by atoms with E-state index < -0.39 is 0 Å². The van der Waals surface area contributed by atoms with E-state index in [0.717, 1.165) is 5.69 Å². The molecule has 0 aliphatic heterocycles. The first kappa shape index (κ1) is 15.8. The number of hydrogen-bond acceptors (Lipinski definition) is 3. The minimum Gasteiger partial charge on any atom is -0.323 e. The number of benzene rings is 2. The summed E-state index contributed by atoms with van der Waals surface area (Å²) < 4.78 is 0. The summed E-state index contributed by atoms with van der Waals surface area (Å²) >= 11 is 0. The molecular weight excluding hydrogens is 306 g/mol. The van der Waals surface area contributed by atoms with Crippen LogP contribution in [0, 0.1) is 0 Å². The summed E-state index contributed by atoms with van der Waals surface area (Å²) in [6.07, 6.45) is 10.1. The van der Waals surface area contributed by atoms with E-state index in [1.54, 1.807) is 12.4 Å². The van der Waals surface area contributed by atoms with Crippen molar-refractivity contribution >= 4 is 11.6 Å². The van der Waals surface area contributed by atoms with Crippen LogP contribution in [0.1, 0.15) is 43.6 Å². The smallest absolute Gasteiger partial charge is 0.227 e. The highest BCUT2D eigenvalue weighted by Crippen LogP contribution is 2.41. The Morgan fingerprint density at radius 3 is 2.28 bits per heavy atom. The third-order valence-corrected chi connectivity index (χ3v) is 5.03. The van der Waals surface area contributed by atoms with Crippen molar-refractivity contribution in [3.05, 3.63) is 72.6 Å². The van der Waals surface area contributed by atoms with E-state index in [1.807, 2.05) is 6.07 Å². The Bertz CT molecular complexity index is 809. The maximum atomic E-state index is 4.37. The fourth-order valence-electron chi connectivity index (χ4n) is 3.80. The Kier molecular flexibility index (Phi) is 4.73. The van der Waals surface area contributed by atoms with E-state index in [9.17, 15) is 0 Å². The van der Waals surface area contributed by atoms with Crippen molar-refractivity contribution in [2.75, 3.05) is 5.32 Å². The summed E-state index contributed by atoms with van der Waals surface area (Å²) in [4.78, 5) is 8.75. The predicted octanol–water partition coefficient (Wildman–Crippen LogP) is 5.93. The van der Waals surface area contributed by atoms with Gasteiger partial charge in [0.25, 0.3) is 0 Å². The maximum absolute atomic E-state index is 4.37. The third kappa shape index (κ3) is 3.55. The van der Waals surface area contributed by atoms with Crippen molar-refractivity contribution in [2.24, 2.45) is 0 Å². The molecule has 0 radical (unpaired) electrons. The van der Waals surface area contributed by atoms with Crippen LogP contribution in [0.4, 0.5) is 11.6 Å². The molecule has 1 fully saturated rings. The molecule has 1 N–H and O–H groups in total. The molecule has 0 atom stereocenters. The Morgan fingerprint density at radius 2 is 1.52 bits per heavy atom. The van der Waals surface area contributed by atoms with Crippen LogP contribution in [-0.2, 0) is 0 Å². The normalized spacial score (nSPS) is 15.0. The van der Waals surface area contributed by atoms with Crippen LogP contribution in [0.3, 0.4) is 0 Å². The van der Waals surface area contributed by atoms with E-state index in [0.29, 0.717) is 11.9 Å². The number of anilines is 2. The number of nitrogens with zero attached hydrogens (tertiary/aromatic N) is 2. The highest BCUT2D eigenvalue weighted by molar-refractivity contribution is 5.82. The largest absolute Gasteiger partial charge is 0.323 e. The van der Waals surface area contributed by atoms with Crippen molar-refractivity contribution < 1.29 is 0 Å². The van der Waals surface area contributed by atoms with Gasteiger partial charge in [-0.1, -0.05) is 67.8 Å². The van der Waals surface area contributed by atoms with E-state index >= 15 is 0 Å². The molecule has 3 heteroatoms. The van der Waals surface area contributed by atoms with Crippen molar-refractivity contribution in [2.45, 2.75) is 38.0 Å². The monoisotopic (exact) mass is 329 g/mol. The lowest BCUT2D eigenvalue weighted by atomic mass is 9.82. The highest BCUT2D eigenvalue weighted by atomic mass is 15.1. The van der Waals surface area contributed by atoms with Gasteiger partial charge in [-0.05, 0) is 36.0 Å².